The van der Waals surface area contributed by atoms with E-state index in [1.165, 1.54) is 13.2 Å². The minimum atomic E-state index is -0.447. The Balaban J connectivity index is 3.23. The molecule has 0 saturated heterocycles. The predicted octanol–water partition coefficient (Wildman–Crippen LogP) is 2.05. The van der Waals surface area contributed by atoms with E-state index in [-0.39, 0.29) is 0 Å². The van der Waals surface area contributed by atoms with Gasteiger partial charge in [-0.25, -0.2) is 4.79 Å². The number of carbonyl (C=O) groups is 1. The molecule has 0 bridgehead atoms. The van der Waals surface area contributed by atoms with Crippen LogP contribution >= 0.6 is 0 Å². The second kappa shape index (κ2) is 5.17. The quantitative estimate of drug-likeness (QED) is 0.730. The normalized spacial score (nSPS) is 9.38. The fourth-order valence-electron chi connectivity index (χ4n) is 1.35. The number of rotatable bonds is 3. The summed E-state index contributed by atoms with van der Waals surface area (Å²) in [6.45, 7) is 3.80. The van der Waals surface area contributed by atoms with Crippen LogP contribution in [0.15, 0.2) is 12.1 Å². The van der Waals surface area contributed by atoms with Crippen molar-refractivity contribution in [3.8, 4) is 11.8 Å². The summed E-state index contributed by atoms with van der Waals surface area (Å²) in [6.07, 6.45) is 0. The van der Waals surface area contributed by atoms with Crippen LogP contribution in [0.25, 0.3) is 0 Å². The van der Waals surface area contributed by atoms with Crippen LogP contribution in [0.3, 0.4) is 0 Å². The molecule has 4 nitrogen and oxygen atoms in total. The van der Waals surface area contributed by atoms with E-state index in [0.717, 1.165) is 5.56 Å². The van der Waals surface area contributed by atoms with Crippen molar-refractivity contribution < 1.29 is 14.3 Å². The van der Waals surface area contributed by atoms with Gasteiger partial charge in [-0.1, -0.05) is 0 Å². The lowest BCUT2D eigenvalue weighted by Crippen LogP contribution is -2.06. The van der Waals surface area contributed by atoms with Gasteiger partial charge in [0, 0.05) is 5.56 Å². The molecular weight excluding hydrogens is 206 g/mol. The third-order valence-electron chi connectivity index (χ3n) is 2.21. The van der Waals surface area contributed by atoms with Gasteiger partial charge < -0.3 is 9.47 Å². The second-order valence-electron chi connectivity index (χ2n) is 3.18. The van der Waals surface area contributed by atoms with Crippen molar-refractivity contribution in [2.45, 2.75) is 13.8 Å². The van der Waals surface area contributed by atoms with Crippen molar-refractivity contribution >= 4 is 5.97 Å². The highest BCUT2D eigenvalue weighted by molar-refractivity contribution is 5.90. The van der Waals surface area contributed by atoms with Crippen LogP contribution < -0.4 is 4.74 Å². The maximum atomic E-state index is 11.5. The van der Waals surface area contributed by atoms with Crippen molar-refractivity contribution in [1.82, 2.24) is 0 Å². The molecule has 0 N–H and O–H groups in total. The van der Waals surface area contributed by atoms with Crippen LogP contribution in [0.4, 0.5) is 0 Å². The van der Waals surface area contributed by atoms with Gasteiger partial charge >= 0.3 is 5.97 Å². The molecule has 0 aromatic heterocycles. The summed E-state index contributed by atoms with van der Waals surface area (Å²) < 4.78 is 9.96. The fraction of sp³-hybridized carbons (Fsp3) is 0.333. The van der Waals surface area contributed by atoms with E-state index < -0.39 is 5.97 Å². The highest BCUT2D eigenvalue weighted by Gasteiger charge is 2.13. The molecule has 0 aliphatic heterocycles. The molecule has 0 aliphatic carbocycles. The lowest BCUT2D eigenvalue weighted by atomic mass is 10.0. The summed E-state index contributed by atoms with van der Waals surface area (Å²) in [5, 5.41) is 8.92. The Bertz CT molecular complexity index is 446. The maximum absolute atomic E-state index is 11.5. The average molecular weight is 219 g/mol. The minimum Gasteiger partial charge on any atom is -0.496 e. The minimum absolute atomic E-state index is 0.302. The zero-order valence-corrected chi connectivity index (χ0v) is 9.53. The van der Waals surface area contributed by atoms with Crippen LogP contribution in [-0.4, -0.2) is 19.7 Å². The second-order valence-corrected chi connectivity index (χ2v) is 3.18. The number of hydrogen-bond acceptors (Lipinski definition) is 4. The first-order chi connectivity index (χ1) is 7.63. The number of hydrogen-bond donors (Lipinski definition) is 0. The van der Waals surface area contributed by atoms with Gasteiger partial charge in [0.1, 0.15) is 5.75 Å². The highest BCUT2D eigenvalue weighted by Crippen LogP contribution is 2.23. The van der Waals surface area contributed by atoms with Gasteiger partial charge in [0.15, 0.2) is 0 Å². The lowest BCUT2D eigenvalue weighted by Gasteiger charge is -2.09. The van der Waals surface area contributed by atoms with E-state index in [1.807, 2.05) is 6.07 Å². The standard InChI is InChI=1S/C12H13NO3/c1-4-16-12(14)9-5-10(7-13)8(2)11(6-9)15-3/h5-6H,4H2,1-3H3. The van der Waals surface area contributed by atoms with Crippen LogP contribution in [0, 0.1) is 18.3 Å². The summed E-state index contributed by atoms with van der Waals surface area (Å²) in [4.78, 5) is 11.5. The highest BCUT2D eigenvalue weighted by atomic mass is 16.5. The van der Waals surface area contributed by atoms with E-state index in [2.05, 4.69) is 0 Å². The third kappa shape index (κ3) is 2.31. The van der Waals surface area contributed by atoms with Crippen LogP contribution in [0.2, 0.25) is 0 Å². The third-order valence-corrected chi connectivity index (χ3v) is 2.21. The van der Waals surface area contributed by atoms with Crippen molar-refractivity contribution in [2.24, 2.45) is 0 Å². The summed E-state index contributed by atoms with van der Waals surface area (Å²) in [6, 6.07) is 5.11. The molecule has 0 unspecified atom stereocenters. The zero-order chi connectivity index (χ0) is 12.1. The number of benzene rings is 1. The van der Waals surface area contributed by atoms with Crippen molar-refractivity contribution in [1.29, 1.82) is 5.26 Å². The number of nitriles is 1. The SMILES string of the molecule is CCOC(=O)c1cc(C#N)c(C)c(OC)c1. The largest absolute Gasteiger partial charge is 0.496 e. The van der Waals surface area contributed by atoms with Gasteiger partial charge in [-0.3, -0.25) is 0 Å². The molecule has 0 amide bonds. The Morgan fingerprint density at radius 1 is 1.50 bits per heavy atom. The molecule has 0 saturated carbocycles. The van der Waals surface area contributed by atoms with E-state index >= 15 is 0 Å². The molecule has 1 rings (SSSR count). The zero-order valence-electron chi connectivity index (χ0n) is 9.53. The lowest BCUT2D eigenvalue weighted by molar-refractivity contribution is 0.0526. The summed E-state index contributed by atoms with van der Waals surface area (Å²) in [7, 11) is 1.50. The molecule has 84 valence electrons. The Morgan fingerprint density at radius 2 is 2.19 bits per heavy atom. The summed E-state index contributed by atoms with van der Waals surface area (Å²) >= 11 is 0. The van der Waals surface area contributed by atoms with Crippen molar-refractivity contribution in [2.75, 3.05) is 13.7 Å². The monoisotopic (exact) mass is 219 g/mol. The van der Waals surface area contributed by atoms with Gasteiger partial charge in [0.05, 0.1) is 30.9 Å². The number of esters is 1. The molecule has 1 aromatic carbocycles. The smallest absolute Gasteiger partial charge is 0.338 e. The van der Waals surface area contributed by atoms with E-state index in [4.69, 9.17) is 14.7 Å². The molecule has 1 aromatic rings. The van der Waals surface area contributed by atoms with Gasteiger partial charge in [0.25, 0.3) is 0 Å². The first-order valence-corrected chi connectivity index (χ1v) is 4.89. The Hall–Kier alpha value is -2.02. The molecular formula is C12H13NO3. The number of methoxy groups -OCH3 is 1. The summed E-state index contributed by atoms with van der Waals surface area (Å²) in [5.41, 5.74) is 1.47. The Kier molecular flexibility index (Phi) is 3.90. The number of nitrogens with zero attached hydrogens (tertiary/aromatic N) is 1. The summed E-state index contributed by atoms with van der Waals surface area (Å²) in [5.74, 6) is 0.0689. The first kappa shape index (κ1) is 12.1. The molecule has 0 fully saturated rings. The van der Waals surface area contributed by atoms with E-state index in [0.29, 0.717) is 23.5 Å². The van der Waals surface area contributed by atoms with Gasteiger partial charge in [-0.2, -0.15) is 5.26 Å². The molecule has 0 atom stereocenters. The van der Waals surface area contributed by atoms with Gasteiger partial charge in [-0.05, 0) is 26.0 Å². The molecule has 0 spiro atoms. The fourth-order valence-corrected chi connectivity index (χ4v) is 1.35. The van der Waals surface area contributed by atoms with Crippen LogP contribution in [0.5, 0.6) is 5.75 Å². The van der Waals surface area contributed by atoms with E-state index in [1.54, 1.807) is 19.9 Å². The van der Waals surface area contributed by atoms with Crippen molar-refractivity contribution in [3.63, 3.8) is 0 Å². The topological polar surface area (TPSA) is 59.3 Å². The molecule has 0 radical (unpaired) electrons. The average Bonchev–Trinajstić information content (AvgIpc) is 2.29. The molecule has 4 heteroatoms. The van der Waals surface area contributed by atoms with Crippen LogP contribution in [0.1, 0.15) is 28.4 Å². The molecule has 16 heavy (non-hydrogen) atoms. The Morgan fingerprint density at radius 3 is 2.69 bits per heavy atom. The molecule has 0 aliphatic rings. The molecule has 0 heterocycles. The predicted molar refractivity (Wildman–Crippen MR) is 58.4 cm³/mol. The Labute approximate surface area is 94.4 Å². The number of ether oxygens (including phenoxy) is 2. The van der Waals surface area contributed by atoms with Gasteiger partial charge in [-0.15, -0.1) is 0 Å². The van der Waals surface area contributed by atoms with E-state index in [9.17, 15) is 4.79 Å². The van der Waals surface area contributed by atoms with Gasteiger partial charge in [0.2, 0.25) is 0 Å². The van der Waals surface area contributed by atoms with Crippen molar-refractivity contribution in [3.05, 3.63) is 28.8 Å². The maximum Gasteiger partial charge on any atom is 0.338 e. The van der Waals surface area contributed by atoms with Crippen LogP contribution in [-0.2, 0) is 4.74 Å². The first-order valence-electron chi connectivity index (χ1n) is 4.89. The number of carbonyl (C=O) groups excluding carboxylic acids is 1.